The Morgan fingerprint density at radius 1 is 1.07 bits per heavy atom. The molecule has 0 heterocycles. The molecular weight excluding hydrogens is 198 g/mol. The van der Waals surface area contributed by atoms with Crippen LogP contribution in [0.15, 0.2) is 24.3 Å². The summed E-state index contributed by atoms with van der Waals surface area (Å²) in [5, 5.41) is 11.9. The van der Waals surface area contributed by atoms with Crippen molar-refractivity contribution in [3.05, 3.63) is 29.3 Å². The molecule has 0 bridgehead atoms. The normalized spacial score (nSPS) is 7.57. The zero-order valence-electron chi connectivity index (χ0n) is 9.34. The number of nitrogens with one attached hydrogen (secondary N) is 1. The molecule has 0 aliphatic carbocycles. The van der Waals surface area contributed by atoms with Gasteiger partial charge in [0.2, 0.25) is 0 Å². The van der Waals surface area contributed by atoms with Gasteiger partial charge in [0.05, 0.1) is 0 Å². The van der Waals surface area contributed by atoms with Crippen LogP contribution in [0.2, 0.25) is 5.02 Å². The van der Waals surface area contributed by atoms with Gasteiger partial charge in [-0.3, -0.25) is 0 Å². The maximum absolute atomic E-state index is 8.44. The van der Waals surface area contributed by atoms with Crippen LogP contribution in [-0.4, -0.2) is 11.8 Å². The molecule has 0 radical (unpaired) electrons. The predicted octanol–water partition coefficient (Wildman–Crippen LogP) is 3.75. The van der Waals surface area contributed by atoms with Crippen molar-refractivity contribution >= 4 is 17.3 Å². The van der Waals surface area contributed by atoms with Crippen LogP contribution in [0.4, 0.5) is 5.69 Å². The third kappa shape index (κ3) is 7.90. The fourth-order valence-corrected chi connectivity index (χ4v) is 0.785. The number of anilines is 1. The van der Waals surface area contributed by atoms with Crippen LogP contribution < -0.4 is 5.32 Å². The van der Waals surface area contributed by atoms with Gasteiger partial charge in [-0.2, -0.15) is 0 Å². The molecule has 1 aromatic rings. The Bertz CT molecular complexity index is 199. The van der Waals surface area contributed by atoms with Crippen LogP contribution in [0, 0.1) is 0 Å². The molecule has 0 saturated carbocycles. The molecule has 3 heteroatoms. The number of hydrogen-bond donors (Lipinski definition) is 2. The lowest BCUT2D eigenvalue weighted by atomic mass is 10.3. The van der Waals surface area contributed by atoms with E-state index >= 15 is 0 Å². The van der Waals surface area contributed by atoms with Crippen LogP contribution in [0.3, 0.4) is 0 Å². The van der Waals surface area contributed by atoms with E-state index in [4.69, 9.17) is 16.7 Å². The van der Waals surface area contributed by atoms with Gasteiger partial charge in [-0.05, 0) is 24.3 Å². The van der Waals surface area contributed by atoms with Crippen LogP contribution >= 0.6 is 11.6 Å². The van der Waals surface area contributed by atoms with Gasteiger partial charge in [0.15, 0.2) is 0 Å². The first kappa shape index (κ1) is 15.7. The SMILES string of the molecule is CC.CC.OCNc1ccc(Cl)cc1. The highest BCUT2D eigenvalue weighted by Crippen LogP contribution is 2.12. The average Bonchev–Trinajstić information content (AvgIpc) is 2.28. The van der Waals surface area contributed by atoms with Crippen molar-refractivity contribution in [1.29, 1.82) is 0 Å². The summed E-state index contributed by atoms with van der Waals surface area (Å²) >= 11 is 5.62. The fraction of sp³-hybridized carbons (Fsp3) is 0.455. The minimum absolute atomic E-state index is 0.0539. The molecule has 0 aliphatic heterocycles. The summed E-state index contributed by atoms with van der Waals surface area (Å²) in [4.78, 5) is 0. The summed E-state index contributed by atoms with van der Waals surface area (Å²) in [7, 11) is 0. The molecule has 0 spiro atoms. The predicted molar refractivity (Wildman–Crippen MR) is 64.9 cm³/mol. The maximum atomic E-state index is 8.44. The molecule has 0 amide bonds. The van der Waals surface area contributed by atoms with E-state index in [0.717, 1.165) is 5.69 Å². The Hall–Kier alpha value is -0.730. The molecule has 82 valence electrons. The van der Waals surface area contributed by atoms with E-state index in [-0.39, 0.29) is 6.73 Å². The molecular formula is C11H20ClNO. The Morgan fingerprint density at radius 2 is 1.50 bits per heavy atom. The Morgan fingerprint density at radius 3 is 1.86 bits per heavy atom. The largest absolute Gasteiger partial charge is 0.377 e. The van der Waals surface area contributed by atoms with Gasteiger partial charge < -0.3 is 10.4 Å². The number of aliphatic hydroxyl groups is 1. The minimum atomic E-state index is -0.0539. The second-order valence-electron chi connectivity index (χ2n) is 1.84. The first-order valence-electron chi connectivity index (χ1n) is 4.93. The van der Waals surface area contributed by atoms with Gasteiger partial charge in [-0.1, -0.05) is 39.3 Å². The van der Waals surface area contributed by atoms with E-state index in [2.05, 4.69) is 5.32 Å². The lowest BCUT2D eigenvalue weighted by Gasteiger charge is -2.00. The van der Waals surface area contributed by atoms with E-state index in [1.54, 1.807) is 24.3 Å². The van der Waals surface area contributed by atoms with Gasteiger partial charge in [-0.15, -0.1) is 0 Å². The van der Waals surface area contributed by atoms with Crippen molar-refractivity contribution in [1.82, 2.24) is 0 Å². The molecule has 1 aromatic carbocycles. The highest BCUT2D eigenvalue weighted by Gasteiger charge is 1.87. The molecule has 0 aromatic heterocycles. The van der Waals surface area contributed by atoms with Gasteiger partial charge in [0.25, 0.3) is 0 Å². The smallest absolute Gasteiger partial charge is 0.113 e. The standard InChI is InChI=1S/C7H8ClNO.2C2H6/c8-6-1-3-7(4-2-6)9-5-10;2*1-2/h1-4,9-10H,5H2;2*1-2H3. The molecule has 0 unspecified atom stereocenters. The number of benzene rings is 1. The first-order chi connectivity index (χ1) is 6.83. The van der Waals surface area contributed by atoms with Crippen molar-refractivity contribution in [2.45, 2.75) is 27.7 Å². The van der Waals surface area contributed by atoms with Gasteiger partial charge in [0.1, 0.15) is 6.73 Å². The second-order valence-corrected chi connectivity index (χ2v) is 2.28. The van der Waals surface area contributed by atoms with Crippen molar-refractivity contribution in [2.24, 2.45) is 0 Å². The highest BCUT2D eigenvalue weighted by atomic mass is 35.5. The van der Waals surface area contributed by atoms with Gasteiger partial charge in [0, 0.05) is 10.7 Å². The number of aliphatic hydroxyl groups excluding tert-OH is 1. The van der Waals surface area contributed by atoms with E-state index in [9.17, 15) is 0 Å². The van der Waals surface area contributed by atoms with E-state index in [1.165, 1.54) is 0 Å². The Kier molecular flexibility index (Phi) is 13.8. The summed E-state index contributed by atoms with van der Waals surface area (Å²) in [5.41, 5.74) is 0.868. The van der Waals surface area contributed by atoms with Crippen molar-refractivity contribution < 1.29 is 5.11 Å². The topological polar surface area (TPSA) is 32.3 Å². The number of halogens is 1. The van der Waals surface area contributed by atoms with Gasteiger partial charge >= 0.3 is 0 Å². The third-order valence-corrected chi connectivity index (χ3v) is 1.38. The summed E-state index contributed by atoms with van der Waals surface area (Å²) in [6.45, 7) is 7.95. The molecule has 2 N–H and O–H groups in total. The molecule has 2 nitrogen and oxygen atoms in total. The second kappa shape index (κ2) is 12.3. The minimum Gasteiger partial charge on any atom is -0.377 e. The molecule has 0 atom stereocenters. The van der Waals surface area contributed by atoms with Crippen LogP contribution in [0.5, 0.6) is 0 Å². The third-order valence-electron chi connectivity index (χ3n) is 1.13. The summed E-state index contributed by atoms with van der Waals surface area (Å²) < 4.78 is 0. The van der Waals surface area contributed by atoms with Gasteiger partial charge in [-0.25, -0.2) is 0 Å². The summed E-state index contributed by atoms with van der Waals surface area (Å²) in [6, 6.07) is 7.14. The molecule has 14 heavy (non-hydrogen) atoms. The fourth-order valence-electron chi connectivity index (χ4n) is 0.659. The van der Waals surface area contributed by atoms with E-state index in [0.29, 0.717) is 5.02 Å². The molecule has 1 rings (SSSR count). The zero-order valence-corrected chi connectivity index (χ0v) is 10.1. The Balaban J connectivity index is 0. The van der Waals surface area contributed by atoms with Crippen LogP contribution in [0.25, 0.3) is 0 Å². The number of rotatable bonds is 2. The molecule has 0 aliphatic rings. The van der Waals surface area contributed by atoms with Crippen molar-refractivity contribution in [3.63, 3.8) is 0 Å². The molecule has 0 fully saturated rings. The zero-order chi connectivity index (χ0) is 11.4. The van der Waals surface area contributed by atoms with Crippen molar-refractivity contribution in [3.8, 4) is 0 Å². The highest BCUT2D eigenvalue weighted by molar-refractivity contribution is 6.30. The summed E-state index contributed by atoms with van der Waals surface area (Å²) in [5.74, 6) is 0. The lowest BCUT2D eigenvalue weighted by molar-refractivity contribution is 0.325. The summed E-state index contributed by atoms with van der Waals surface area (Å²) in [6.07, 6.45) is 0. The maximum Gasteiger partial charge on any atom is 0.113 e. The monoisotopic (exact) mass is 217 g/mol. The van der Waals surface area contributed by atoms with Crippen molar-refractivity contribution in [2.75, 3.05) is 12.0 Å². The Labute approximate surface area is 91.9 Å². The molecule has 0 saturated heterocycles. The van der Waals surface area contributed by atoms with Crippen LogP contribution in [0.1, 0.15) is 27.7 Å². The number of hydrogen-bond acceptors (Lipinski definition) is 2. The average molecular weight is 218 g/mol. The quantitative estimate of drug-likeness (QED) is 0.740. The van der Waals surface area contributed by atoms with E-state index in [1.807, 2.05) is 27.7 Å². The van der Waals surface area contributed by atoms with Crippen LogP contribution in [-0.2, 0) is 0 Å². The first-order valence-corrected chi connectivity index (χ1v) is 5.31. The lowest BCUT2D eigenvalue weighted by Crippen LogP contribution is -1.98. The van der Waals surface area contributed by atoms with E-state index < -0.39 is 0 Å².